The normalized spacial score (nSPS) is 24.5. The van der Waals surface area contributed by atoms with Crippen LogP contribution >= 0.6 is 11.6 Å². The Bertz CT molecular complexity index is 1410. The van der Waals surface area contributed by atoms with Crippen LogP contribution in [-0.4, -0.2) is 63.2 Å². The SMILES string of the molecule is CS(=O)c1ccc(-c2ccc(-c3nc4cc(OC5COC6C(O)COC56)[nH]c4cc3Cl)cc2)cc1. The van der Waals surface area contributed by atoms with E-state index in [1.807, 2.05) is 60.7 Å². The molecule has 35 heavy (non-hydrogen) atoms. The van der Waals surface area contributed by atoms with E-state index in [2.05, 4.69) is 4.98 Å². The molecule has 0 radical (unpaired) electrons. The zero-order valence-corrected chi connectivity index (χ0v) is 20.4. The fourth-order valence-electron chi connectivity index (χ4n) is 4.64. The molecule has 7 nitrogen and oxygen atoms in total. The lowest BCUT2D eigenvalue weighted by Gasteiger charge is -2.16. The molecule has 2 aliphatic rings. The second-order valence-electron chi connectivity index (χ2n) is 8.76. The second kappa shape index (κ2) is 9.04. The minimum Gasteiger partial charge on any atom is -0.470 e. The van der Waals surface area contributed by atoms with E-state index >= 15 is 0 Å². The summed E-state index contributed by atoms with van der Waals surface area (Å²) in [5.74, 6) is 0.548. The molecule has 2 aromatic carbocycles. The van der Waals surface area contributed by atoms with Crippen molar-refractivity contribution >= 4 is 33.4 Å². The van der Waals surface area contributed by atoms with Gasteiger partial charge in [0.25, 0.3) is 0 Å². The lowest BCUT2D eigenvalue weighted by molar-refractivity contribution is 0.00794. The first-order valence-electron chi connectivity index (χ1n) is 11.3. The van der Waals surface area contributed by atoms with Crippen LogP contribution in [0.4, 0.5) is 0 Å². The molecule has 4 heterocycles. The van der Waals surface area contributed by atoms with Gasteiger partial charge in [0.2, 0.25) is 0 Å². The molecule has 4 aromatic rings. The summed E-state index contributed by atoms with van der Waals surface area (Å²) in [4.78, 5) is 8.79. The van der Waals surface area contributed by atoms with Crippen LogP contribution in [0.15, 0.2) is 65.6 Å². The number of rotatable bonds is 5. The van der Waals surface area contributed by atoms with E-state index in [-0.39, 0.29) is 24.9 Å². The maximum Gasteiger partial charge on any atom is 0.193 e. The van der Waals surface area contributed by atoms with Gasteiger partial charge >= 0.3 is 0 Å². The average molecular weight is 511 g/mol. The molecular weight excluding hydrogens is 488 g/mol. The van der Waals surface area contributed by atoms with E-state index in [0.717, 1.165) is 32.6 Å². The third-order valence-corrected chi connectivity index (χ3v) is 7.69. The van der Waals surface area contributed by atoms with Crippen LogP contribution in [-0.2, 0) is 20.3 Å². The Hall–Kier alpha value is -2.75. The number of nitrogens with one attached hydrogen (secondary N) is 1. The third-order valence-electron chi connectivity index (χ3n) is 6.47. The average Bonchev–Trinajstić information content (AvgIpc) is 3.55. The number of pyridine rings is 1. The molecule has 2 aliphatic heterocycles. The Labute approximate surface area is 209 Å². The molecule has 0 bridgehead atoms. The number of aliphatic hydroxyl groups excluding tert-OH is 1. The molecule has 2 aromatic heterocycles. The van der Waals surface area contributed by atoms with Gasteiger partial charge in [0.15, 0.2) is 12.0 Å². The van der Waals surface area contributed by atoms with Gasteiger partial charge in [-0.05, 0) is 29.3 Å². The molecule has 0 aliphatic carbocycles. The van der Waals surface area contributed by atoms with Gasteiger partial charge < -0.3 is 24.3 Å². The summed E-state index contributed by atoms with van der Waals surface area (Å²) in [5.41, 5.74) is 5.17. The van der Waals surface area contributed by atoms with Crippen LogP contribution in [0.2, 0.25) is 5.02 Å². The van der Waals surface area contributed by atoms with Gasteiger partial charge in [-0.1, -0.05) is 48.0 Å². The first-order valence-corrected chi connectivity index (χ1v) is 13.2. The molecule has 180 valence electrons. The molecule has 5 unspecified atom stereocenters. The number of benzene rings is 2. The van der Waals surface area contributed by atoms with Crippen LogP contribution in [0.3, 0.4) is 0 Å². The van der Waals surface area contributed by atoms with E-state index in [0.29, 0.717) is 23.2 Å². The molecule has 9 heteroatoms. The van der Waals surface area contributed by atoms with Gasteiger partial charge in [-0.25, -0.2) is 4.98 Å². The summed E-state index contributed by atoms with van der Waals surface area (Å²) in [5, 5.41) is 10.5. The van der Waals surface area contributed by atoms with Gasteiger partial charge in [0.05, 0.1) is 35.0 Å². The van der Waals surface area contributed by atoms with Crippen LogP contribution in [0.25, 0.3) is 33.4 Å². The maximum atomic E-state index is 11.6. The van der Waals surface area contributed by atoms with Crippen LogP contribution in [0.1, 0.15) is 0 Å². The highest BCUT2D eigenvalue weighted by Gasteiger charge is 2.48. The Morgan fingerprint density at radius 2 is 1.66 bits per heavy atom. The highest BCUT2D eigenvalue weighted by atomic mass is 35.5. The number of fused-ring (bicyclic) bond motifs is 2. The first kappa shape index (κ1) is 22.7. The summed E-state index contributed by atoms with van der Waals surface area (Å²) >= 11 is 6.59. The summed E-state index contributed by atoms with van der Waals surface area (Å²) in [7, 11) is -0.996. The number of aliphatic hydroxyl groups is 1. The quantitative estimate of drug-likeness (QED) is 0.418. The predicted molar refractivity (Wildman–Crippen MR) is 134 cm³/mol. The number of H-pyrrole nitrogens is 1. The molecule has 2 N–H and O–H groups in total. The molecular formula is C26H23ClN2O5S. The fourth-order valence-corrected chi connectivity index (χ4v) is 5.42. The monoisotopic (exact) mass is 510 g/mol. The van der Waals surface area contributed by atoms with E-state index in [1.165, 1.54) is 0 Å². The molecule has 6 rings (SSSR count). The number of hydrogen-bond donors (Lipinski definition) is 2. The zero-order chi connectivity index (χ0) is 24.1. The maximum absolute atomic E-state index is 11.6. The molecule has 2 saturated heterocycles. The van der Waals surface area contributed by atoms with Gasteiger partial charge in [-0.15, -0.1) is 0 Å². The molecule has 5 atom stereocenters. The standard InChI is InChI=1S/C26H23ClN2O5S/c1-35(31)17-8-6-15(7-9-17)14-2-4-16(5-3-14)24-18(27)10-19-20(29-24)11-23(28-19)34-22-13-33-25-21(30)12-32-26(22)25/h2-11,21-22,25-26,28,30H,12-13H2,1H3. The number of aromatic nitrogens is 2. The van der Waals surface area contributed by atoms with Crippen molar-refractivity contribution in [3.8, 4) is 28.3 Å². The third kappa shape index (κ3) is 4.26. The highest BCUT2D eigenvalue weighted by Crippen LogP contribution is 2.34. The van der Waals surface area contributed by atoms with Crippen molar-refractivity contribution in [2.45, 2.75) is 29.3 Å². The Balaban J connectivity index is 1.23. The van der Waals surface area contributed by atoms with Crippen molar-refractivity contribution in [2.75, 3.05) is 19.5 Å². The highest BCUT2D eigenvalue weighted by molar-refractivity contribution is 7.84. The van der Waals surface area contributed by atoms with Gasteiger partial charge in [0, 0.05) is 33.6 Å². The minimum atomic E-state index is -0.996. The fraction of sp³-hybridized carbons (Fsp3) is 0.269. The molecule has 0 spiro atoms. The van der Waals surface area contributed by atoms with Crippen molar-refractivity contribution < 1.29 is 23.5 Å². The minimum absolute atomic E-state index is 0.256. The number of hydrogen-bond acceptors (Lipinski definition) is 6. The lowest BCUT2D eigenvalue weighted by atomic mass is 10.0. The van der Waals surface area contributed by atoms with Crippen molar-refractivity contribution in [1.82, 2.24) is 9.97 Å². The summed E-state index contributed by atoms with van der Waals surface area (Å²) < 4.78 is 29.0. The molecule has 2 fully saturated rings. The largest absolute Gasteiger partial charge is 0.470 e. The van der Waals surface area contributed by atoms with Gasteiger partial charge in [0.1, 0.15) is 18.3 Å². The number of halogens is 1. The van der Waals surface area contributed by atoms with Gasteiger partial charge in [-0.3, -0.25) is 4.21 Å². The van der Waals surface area contributed by atoms with Crippen molar-refractivity contribution in [2.24, 2.45) is 0 Å². The van der Waals surface area contributed by atoms with Crippen LogP contribution < -0.4 is 4.74 Å². The first-order chi connectivity index (χ1) is 17.0. The zero-order valence-electron chi connectivity index (χ0n) is 18.8. The van der Waals surface area contributed by atoms with E-state index in [4.69, 9.17) is 30.8 Å². The van der Waals surface area contributed by atoms with Crippen LogP contribution in [0, 0.1) is 0 Å². The summed E-state index contributed by atoms with van der Waals surface area (Å²) in [6.07, 6.45) is 0.110. The second-order valence-corrected chi connectivity index (χ2v) is 10.5. The Morgan fingerprint density at radius 3 is 2.37 bits per heavy atom. The topological polar surface area (TPSA) is 93.7 Å². The molecule has 0 saturated carbocycles. The van der Waals surface area contributed by atoms with Gasteiger partial charge in [-0.2, -0.15) is 0 Å². The van der Waals surface area contributed by atoms with Crippen molar-refractivity contribution in [3.63, 3.8) is 0 Å². The van der Waals surface area contributed by atoms with Crippen LogP contribution in [0.5, 0.6) is 5.88 Å². The Morgan fingerprint density at radius 1 is 1.00 bits per heavy atom. The van der Waals surface area contributed by atoms with Crippen molar-refractivity contribution in [1.29, 1.82) is 0 Å². The Kier molecular flexibility index (Phi) is 5.86. The van der Waals surface area contributed by atoms with E-state index in [9.17, 15) is 9.32 Å². The summed E-state index contributed by atoms with van der Waals surface area (Å²) in [6.45, 7) is 0.610. The predicted octanol–water partition coefficient (Wildman–Crippen LogP) is 4.19. The summed E-state index contributed by atoms with van der Waals surface area (Å²) in [6, 6.07) is 19.4. The molecule has 0 amide bonds. The number of nitrogens with zero attached hydrogens (tertiary/aromatic N) is 1. The number of aromatic amines is 1. The lowest BCUT2D eigenvalue weighted by Crippen LogP contribution is -2.34. The van der Waals surface area contributed by atoms with E-state index in [1.54, 1.807) is 6.26 Å². The van der Waals surface area contributed by atoms with E-state index < -0.39 is 16.9 Å². The smallest absolute Gasteiger partial charge is 0.193 e. The van der Waals surface area contributed by atoms with Crippen molar-refractivity contribution in [3.05, 3.63) is 65.7 Å². The number of ether oxygens (including phenoxy) is 3.